The molecule has 0 fully saturated rings. The van der Waals surface area contributed by atoms with Crippen LogP contribution in [-0.2, 0) is 0 Å². The molecule has 1 nitrogen and oxygen atoms in total. The maximum Gasteiger partial charge on any atom is 0.0320 e. The average molecular weight is 279 g/mol. The van der Waals surface area contributed by atoms with Crippen molar-refractivity contribution in [2.75, 3.05) is 18.6 Å². The summed E-state index contributed by atoms with van der Waals surface area (Å²) in [5.74, 6) is 1.32. The van der Waals surface area contributed by atoms with E-state index in [0.717, 1.165) is 6.54 Å². The molecule has 0 spiro atoms. The van der Waals surface area contributed by atoms with Crippen LogP contribution in [0.25, 0.3) is 0 Å². The van der Waals surface area contributed by atoms with Crippen LogP contribution in [0, 0.1) is 0 Å². The molecular formula is C17H29NS. The lowest BCUT2D eigenvalue weighted by molar-refractivity contribution is 0.478. The average Bonchev–Trinajstić information content (AvgIpc) is 2.46. The number of thioether (sulfide) groups is 1. The van der Waals surface area contributed by atoms with Crippen molar-refractivity contribution in [2.24, 2.45) is 0 Å². The van der Waals surface area contributed by atoms with Crippen LogP contribution in [0.3, 0.4) is 0 Å². The van der Waals surface area contributed by atoms with Crippen molar-refractivity contribution in [3.8, 4) is 0 Å². The van der Waals surface area contributed by atoms with Gasteiger partial charge in [-0.25, -0.2) is 0 Å². The molecule has 0 heterocycles. The highest BCUT2D eigenvalue weighted by Gasteiger charge is 2.08. The molecule has 19 heavy (non-hydrogen) atoms. The molecule has 2 heteroatoms. The minimum absolute atomic E-state index is 0.539. The van der Waals surface area contributed by atoms with Crippen LogP contribution in [-0.4, -0.2) is 18.6 Å². The molecule has 0 aliphatic carbocycles. The summed E-state index contributed by atoms with van der Waals surface area (Å²) in [5.41, 5.74) is 1.44. The second kappa shape index (κ2) is 11.4. The van der Waals surface area contributed by atoms with Gasteiger partial charge in [0, 0.05) is 6.04 Å². The summed E-state index contributed by atoms with van der Waals surface area (Å²) in [6.07, 6.45) is 10.1. The molecule has 0 amide bonds. The number of benzene rings is 1. The Hall–Kier alpha value is -0.470. The third-order valence-corrected chi connectivity index (χ3v) is 4.14. The zero-order chi connectivity index (χ0) is 13.8. The highest BCUT2D eigenvalue weighted by atomic mass is 32.2. The highest BCUT2D eigenvalue weighted by Crippen LogP contribution is 2.18. The summed E-state index contributed by atoms with van der Waals surface area (Å²) < 4.78 is 0. The van der Waals surface area contributed by atoms with Gasteiger partial charge in [-0.05, 0) is 43.4 Å². The molecule has 1 atom stereocenters. The second-order valence-corrected chi connectivity index (χ2v) is 6.10. The summed E-state index contributed by atoms with van der Waals surface area (Å²) in [4.78, 5) is 0. The predicted octanol–water partition coefficient (Wildman–Crippen LogP) is 5.04. The summed E-state index contributed by atoms with van der Waals surface area (Å²) in [6.45, 7) is 3.42. The van der Waals surface area contributed by atoms with Gasteiger partial charge in [-0.2, -0.15) is 11.8 Å². The molecule has 1 N–H and O–H groups in total. The molecule has 0 saturated carbocycles. The van der Waals surface area contributed by atoms with E-state index in [4.69, 9.17) is 0 Å². The molecule has 1 rings (SSSR count). The van der Waals surface area contributed by atoms with Gasteiger partial charge in [-0.1, -0.05) is 56.5 Å². The minimum atomic E-state index is 0.539. The Bertz CT molecular complexity index is 299. The van der Waals surface area contributed by atoms with Crippen molar-refractivity contribution < 1.29 is 0 Å². The minimum Gasteiger partial charge on any atom is -0.310 e. The van der Waals surface area contributed by atoms with Crippen molar-refractivity contribution >= 4 is 11.8 Å². The largest absolute Gasteiger partial charge is 0.310 e. The SMILES string of the molecule is CCCC(NCCCCCCSC)c1ccccc1. The molecule has 0 aliphatic heterocycles. The first-order chi connectivity index (χ1) is 9.38. The monoisotopic (exact) mass is 279 g/mol. The molecular weight excluding hydrogens is 250 g/mol. The molecule has 0 saturated heterocycles. The molecule has 108 valence electrons. The Morgan fingerprint density at radius 2 is 1.79 bits per heavy atom. The fraction of sp³-hybridized carbons (Fsp3) is 0.647. The summed E-state index contributed by atoms with van der Waals surface area (Å²) >= 11 is 1.96. The fourth-order valence-corrected chi connectivity index (χ4v) is 2.85. The standard InChI is InChI=1S/C17H29NS/c1-3-11-17(16-12-7-6-8-13-16)18-14-9-4-5-10-15-19-2/h6-8,12-13,17-18H,3-5,9-11,14-15H2,1-2H3. The Kier molecular flexibility index (Phi) is 9.92. The van der Waals surface area contributed by atoms with Crippen LogP contribution in [0.15, 0.2) is 30.3 Å². The van der Waals surface area contributed by atoms with Crippen LogP contribution in [0.4, 0.5) is 0 Å². The Morgan fingerprint density at radius 3 is 2.47 bits per heavy atom. The molecule has 1 aromatic rings. The van der Waals surface area contributed by atoms with E-state index in [9.17, 15) is 0 Å². The Balaban J connectivity index is 2.20. The third-order valence-electron chi connectivity index (χ3n) is 3.45. The topological polar surface area (TPSA) is 12.0 Å². The summed E-state index contributed by atoms with van der Waals surface area (Å²) in [6, 6.07) is 11.4. The summed E-state index contributed by atoms with van der Waals surface area (Å²) in [5, 5.41) is 3.72. The first-order valence-corrected chi connectivity index (χ1v) is 9.05. The molecule has 0 bridgehead atoms. The van der Waals surface area contributed by atoms with Crippen molar-refractivity contribution in [1.29, 1.82) is 0 Å². The Morgan fingerprint density at radius 1 is 1.05 bits per heavy atom. The quantitative estimate of drug-likeness (QED) is 0.569. The molecule has 0 aliphatic rings. The number of hydrogen-bond donors (Lipinski definition) is 1. The molecule has 0 radical (unpaired) electrons. The van der Waals surface area contributed by atoms with Gasteiger partial charge in [0.15, 0.2) is 0 Å². The van der Waals surface area contributed by atoms with Gasteiger partial charge >= 0.3 is 0 Å². The van der Waals surface area contributed by atoms with Gasteiger partial charge in [-0.15, -0.1) is 0 Å². The van der Waals surface area contributed by atoms with E-state index in [1.807, 2.05) is 11.8 Å². The summed E-state index contributed by atoms with van der Waals surface area (Å²) in [7, 11) is 0. The lowest BCUT2D eigenvalue weighted by atomic mass is 10.0. The van der Waals surface area contributed by atoms with E-state index in [-0.39, 0.29) is 0 Å². The maximum absolute atomic E-state index is 3.72. The van der Waals surface area contributed by atoms with Crippen LogP contribution >= 0.6 is 11.8 Å². The van der Waals surface area contributed by atoms with Gasteiger partial charge in [0.25, 0.3) is 0 Å². The lowest BCUT2D eigenvalue weighted by Gasteiger charge is -2.18. The molecule has 1 aromatic carbocycles. The Labute approximate surface area is 123 Å². The van der Waals surface area contributed by atoms with Gasteiger partial charge in [0.2, 0.25) is 0 Å². The van der Waals surface area contributed by atoms with E-state index >= 15 is 0 Å². The zero-order valence-electron chi connectivity index (χ0n) is 12.5. The van der Waals surface area contributed by atoms with Crippen LogP contribution in [0.2, 0.25) is 0 Å². The van der Waals surface area contributed by atoms with Gasteiger partial charge in [0.1, 0.15) is 0 Å². The number of hydrogen-bond acceptors (Lipinski definition) is 2. The zero-order valence-corrected chi connectivity index (χ0v) is 13.3. The van der Waals surface area contributed by atoms with Gasteiger partial charge in [-0.3, -0.25) is 0 Å². The van der Waals surface area contributed by atoms with Gasteiger partial charge in [0.05, 0.1) is 0 Å². The van der Waals surface area contributed by atoms with E-state index < -0.39 is 0 Å². The molecule has 1 unspecified atom stereocenters. The number of unbranched alkanes of at least 4 members (excludes halogenated alkanes) is 3. The number of rotatable bonds is 11. The first-order valence-electron chi connectivity index (χ1n) is 7.65. The predicted molar refractivity (Wildman–Crippen MR) is 88.9 cm³/mol. The third kappa shape index (κ3) is 7.64. The van der Waals surface area contributed by atoms with E-state index in [1.165, 1.54) is 49.8 Å². The van der Waals surface area contributed by atoms with Crippen LogP contribution < -0.4 is 5.32 Å². The lowest BCUT2D eigenvalue weighted by Crippen LogP contribution is -2.22. The van der Waals surface area contributed by atoms with Crippen molar-refractivity contribution in [3.63, 3.8) is 0 Å². The highest BCUT2D eigenvalue weighted by molar-refractivity contribution is 7.98. The second-order valence-electron chi connectivity index (χ2n) is 5.11. The van der Waals surface area contributed by atoms with Gasteiger partial charge < -0.3 is 5.32 Å². The molecule has 0 aromatic heterocycles. The van der Waals surface area contributed by atoms with Crippen molar-refractivity contribution in [3.05, 3.63) is 35.9 Å². The van der Waals surface area contributed by atoms with Crippen molar-refractivity contribution in [2.45, 2.75) is 51.5 Å². The van der Waals surface area contributed by atoms with Crippen LogP contribution in [0.5, 0.6) is 0 Å². The maximum atomic E-state index is 3.72. The van der Waals surface area contributed by atoms with Crippen LogP contribution in [0.1, 0.15) is 57.1 Å². The normalized spacial score (nSPS) is 12.5. The van der Waals surface area contributed by atoms with E-state index in [2.05, 4.69) is 48.8 Å². The smallest absolute Gasteiger partial charge is 0.0320 e. The number of nitrogens with one attached hydrogen (secondary N) is 1. The fourth-order valence-electron chi connectivity index (χ4n) is 2.36. The first kappa shape index (κ1) is 16.6. The van der Waals surface area contributed by atoms with E-state index in [1.54, 1.807) is 0 Å². The van der Waals surface area contributed by atoms with E-state index in [0.29, 0.717) is 6.04 Å². The van der Waals surface area contributed by atoms with Crippen molar-refractivity contribution in [1.82, 2.24) is 5.32 Å².